The molecule has 3 rings (SSSR count). The van der Waals surface area contributed by atoms with E-state index in [-0.39, 0.29) is 28.5 Å². The van der Waals surface area contributed by atoms with Crippen molar-refractivity contribution in [3.8, 4) is 22.5 Å². The van der Waals surface area contributed by atoms with Crippen LogP contribution in [0.15, 0.2) is 32.7 Å². The monoisotopic (exact) mass is 425 g/mol. The Morgan fingerprint density at radius 3 is 2.52 bits per heavy atom. The lowest BCUT2D eigenvalue weighted by molar-refractivity contribution is 0.215. The Balaban J connectivity index is 2.47. The summed E-state index contributed by atoms with van der Waals surface area (Å²) in [6.07, 6.45) is 1.30. The highest BCUT2D eigenvalue weighted by molar-refractivity contribution is 6.30. The van der Waals surface area contributed by atoms with Gasteiger partial charge in [-0.15, -0.1) is 0 Å². The number of hydrogen-bond donors (Lipinski definition) is 0. The van der Waals surface area contributed by atoms with E-state index in [1.807, 2.05) is 0 Å². The molecule has 1 aromatic carbocycles. The predicted molar refractivity (Wildman–Crippen MR) is 102 cm³/mol. The fraction of sp³-hybridized carbons (Fsp3) is 0.211. The lowest BCUT2D eigenvalue weighted by Gasteiger charge is -2.17. The van der Waals surface area contributed by atoms with Gasteiger partial charge in [-0.25, -0.2) is 13.2 Å². The molecule has 0 fully saturated rings. The fourth-order valence-corrected chi connectivity index (χ4v) is 3.20. The normalized spacial score (nSPS) is 11.4. The Hall–Kier alpha value is -3.07. The van der Waals surface area contributed by atoms with Crippen LogP contribution in [0.3, 0.4) is 0 Å². The van der Waals surface area contributed by atoms with Crippen LogP contribution < -0.4 is 5.56 Å². The first kappa shape index (κ1) is 20.7. The van der Waals surface area contributed by atoms with Crippen molar-refractivity contribution in [1.82, 2.24) is 9.72 Å². The van der Waals surface area contributed by atoms with Gasteiger partial charge in [0.05, 0.1) is 23.0 Å². The van der Waals surface area contributed by atoms with Crippen LogP contribution in [-0.2, 0) is 11.4 Å². The summed E-state index contributed by atoms with van der Waals surface area (Å²) in [6, 6.07) is 2.29. The summed E-state index contributed by atoms with van der Waals surface area (Å²) in [7, 11) is 1.34. The lowest BCUT2D eigenvalue weighted by atomic mass is 9.98. The molecule has 0 bridgehead atoms. The third-order valence-electron chi connectivity index (χ3n) is 4.26. The standard InChI is InChI=1S/C19H15ClF3N3O3/c1-4-26-18(16-14(22)5-10(21)6-15(16)23)11(7-13(20)19(26)27)17-12(8-24-28-3)9(2)29-25-17/h5-8H,4H2,1-3H3. The van der Waals surface area contributed by atoms with Crippen LogP contribution in [0, 0.1) is 24.4 Å². The molecule has 2 aromatic heterocycles. The van der Waals surface area contributed by atoms with Gasteiger partial charge in [-0.3, -0.25) is 4.79 Å². The van der Waals surface area contributed by atoms with Crippen molar-refractivity contribution in [2.45, 2.75) is 20.4 Å². The van der Waals surface area contributed by atoms with Gasteiger partial charge in [-0.05, 0) is 19.9 Å². The lowest BCUT2D eigenvalue weighted by Crippen LogP contribution is -2.23. The first-order valence-corrected chi connectivity index (χ1v) is 8.79. The largest absolute Gasteiger partial charge is 0.399 e. The van der Waals surface area contributed by atoms with Crippen molar-refractivity contribution < 1.29 is 22.5 Å². The number of halogens is 4. The summed E-state index contributed by atoms with van der Waals surface area (Å²) in [4.78, 5) is 17.2. The van der Waals surface area contributed by atoms with Crippen LogP contribution in [0.2, 0.25) is 5.02 Å². The molecule has 152 valence electrons. The van der Waals surface area contributed by atoms with E-state index in [4.69, 9.17) is 16.1 Å². The second-order valence-electron chi connectivity index (χ2n) is 5.97. The summed E-state index contributed by atoms with van der Waals surface area (Å²) in [5, 5.41) is 7.41. The second kappa shape index (κ2) is 8.12. The Bertz CT molecular complexity index is 1150. The number of aryl methyl sites for hydroxylation is 1. The van der Waals surface area contributed by atoms with Gasteiger partial charge in [0.1, 0.15) is 41.0 Å². The smallest absolute Gasteiger partial charge is 0.269 e. The molecule has 0 N–H and O–H groups in total. The van der Waals surface area contributed by atoms with Crippen LogP contribution in [0.1, 0.15) is 18.2 Å². The molecule has 29 heavy (non-hydrogen) atoms. The van der Waals surface area contributed by atoms with Crippen molar-refractivity contribution in [3.63, 3.8) is 0 Å². The molecule has 0 aliphatic heterocycles. The molecule has 10 heteroatoms. The molecule has 0 aliphatic carbocycles. The van der Waals surface area contributed by atoms with Crippen molar-refractivity contribution in [3.05, 3.63) is 62.4 Å². The zero-order valence-corrected chi connectivity index (χ0v) is 16.4. The van der Waals surface area contributed by atoms with Crippen molar-refractivity contribution in [2.24, 2.45) is 5.16 Å². The summed E-state index contributed by atoms with van der Waals surface area (Å²) in [5.41, 5.74) is -0.817. The predicted octanol–water partition coefficient (Wildman–Crippen LogP) is 4.55. The Kier molecular flexibility index (Phi) is 5.78. The molecule has 0 spiro atoms. The zero-order chi connectivity index (χ0) is 21.3. The van der Waals surface area contributed by atoms with Crippen LogP contribution >= 0.6 is 11.6 Å². The van der Waals surface area contributed by atoms with E-state index in [1.165, 1.54) is 19.4 Å². The molecule has 2 heterocycles. The average Bonchev–Trinajstić information content (AvgIpc) is 3.02. The van der Waals surface area contributed by atoms with E-state index in [0.29, 0.717) is 23.5 Å². The first-order valence-electron chi connectivity index (χ1n) is 8.41. The average molecular weight is 426 g/mol. The minimum absolute atomic E-state index is 0.0380. The van der Waals surface area contributed by atoms with Gasteiger partial charge >= 0.3 is 0 Å². The van der Waals surface area contributed by atoms with Gasteiger partial charge in [-0.1, -0.05) is 21.9 Å². The summed E-state index contributed by atoms with van der Waals surface area (Å²) >= 11 is 6.08. The van der Waals surface area contributed by atoms with Crippen LogP contribution in [0.5, 0.6) is 0 Å². The van der Waals surface area contributed by atoms with E-state index >= 15 is 0 Å². The molecular formula is C19H15ClF3N3O3. The van der Waals surface area contributed by atoms with Crippen molar-refractivity contribution in [2.75, 3.05) is 7.11 Å². The van der Waals surface area contributed by atoms with E-state index in [0.717, 1.165) is 4.57 Å². The summed E-state index contributed by atoms with van der Waals surface area (Å²) in [5.74, 6) is -3.10. The van der Waals surface area contributed by atoms with E-state index in [1.54, 1.807) is 13.8 Å². The van der Waals surface area contributed by atoms with Gasteiger partial charge in [0, 0.05) is 24.2 Å². The van der Waals surface area contributed by atoms with Crippen molar-refractivity contribution in [1.29, 1.82) is 0 Å². The number of rotatable bonds is 5. The first-order chi connectivity index (χ1) is 13.8. The molecule has 0 unspecified atom stereocenters. The quantitative estimate of drug-likeness (QED) is 0.444. The SMILES string of the molecule is CCn1c(-c2c(F)cc(F)cc2F)c(-c2noc(C)c2C=NOC)cc(Cl)c1=O. The minimum Gasteiger partial charge on any atom is -0.399 e. The molecule has 0 amide bonds. The number of pyridine rings is 1. The molecule has 0 saturated heterocycles. The van der Waals surface area contributed by atoms with Crippen molar-refractivity contribution >= 4 is 17.8 Å². The number of benzene rings is 1. The Morgan fingerprint density at radius 1 is 1.28 bits per heavy atom. The highest BCUT2D eigenvalue weighted by atomic mass is 35.5. The van der Waals surface area contributed by atoms with Gasteiger partial charge in [0.15, 0.2) is 0 Å². The molecule has 0 atom stereocenters. The summed E-state index contributed by atoms with van der Waals surface area (Å²) in [6.45, 7) is 3.24. The third kappa shape index (κ3) is 3.65. The molecule has 0 radical (unpaired) electrons. The highest BCUT2D eigenvalue weighted by Crippen LogP contribution is 2.37. The zero-order valence-electron chi connectivity index (χ0n) is 15.6. The maximum atomic E-state index is 14.6. The number of oxime groups is 1. The molecular weight excluding hydrogens is 411 g/mol. The van der Waals surface area contributed by atoms with E-state index < -0.39 is 28.6 Å². The maximum absolute atomic E-state index is 14.6. The van der Waals surface area contributed by atoms with Gasteiger partial charge in [0.2, 0.25) is 0 Å². The van der Waals surface area contributed by atoms with E-state index in [9.17, 15) is 18.0 Å². The molecule has 0 saturated carbocycles. The van der Waals surface area contributed by atoms with Crippen LogP contribution in [0.4, 0.5) is 13.2 Å². The fourth-order valence-electron chi connectivity index (χ4n) is 2.98. The second-order valence-corrected chi connectivity index (χ2v) is 6.37. The van der Waals surface area contributed by atoms with Gasteiger partial charge in [0.25, 0.3) is 5.56 Å². The molecule has 6 nitrogen and oxygen atoms in total. The maximum Gasteiger partial charge on any atom is 0.269 e. The Morgan fingerprint density at radius 2 is 1.93 bits per heavy atom. The highest BCUT2D eigenvalue weighted by Gasteiger charge is 2.26. The third-order valence-corrected chi connectivity index (χ3v) is 4.53. The van der Waals surface area contributed by atoms with Gasteiger partial charge in [-0.2, -0.15) is 0 Å². The van der Waals surface area contributed by atoms with Crippen LogP contribution in [0.25, 0.3) is 22.5 Å². The number of aromatic nitrogens is 2. The summed E-state index contributed by atoms with van der Waals surface area (Å²) < 4.78 is 49.0. The minimum atomic E-state index is -1.18. The molecule has 3 aromatic rings. The topological polar surface area (TPSA) is 69.6 Å². The van der Waals surface area contributed by atoms with Gasteiger partial charge < -0.3 is 13.9 Å². The van der Waals surface area contributed by atoms with E-state index in [2.05, 4.69) is 15.1 Å². The Labute approximate surface area is 168 Å². The van der Waals surface area contributed by atoms with Crippen LogP contribution in [-0.4, -0.2) is 23.0 Å². The molecule has 0 aliphatic rings. The number of nitrogens with zero attached hydrogens (tertiary/aromatic N) is 3. The number of hydrogen-bond acceptors (Lipinski definition) is 5.